The van der Waals surface area contributed by atoms with E-state index in [1.54, 1.807) is 11.0 Å². The van der Waals surface area contributed by atoms with Crippen LogP contribution in [0, 0.1) is 0 Å². The van der Waals surface area contributed by atoms with Crippen LogP contribution in [0.15, 0.2) is 60.7 Å². The number of carbonyl (C=O) groups excluding carboxylic acids is 2. The summed E-state index contributed by atoms with van der Waals surface area (Å²) in [5, 5.41) is 2.83. The number of nitrogens with zero attached hydrogens (tertiary/aromatic N) is 1. The number of halogens is 3. The molecule has 3 rings (SSSR count). The van der Waals surface area contributed by atoms with Gasteiger partial charge in [-0.25, -0.2) is 0 Å². The number of benzene rings is 2. The van der Waals surface area contributed by atoms with Gasteiger partial charge < -0.3 is 10.2 Å². The van der Waals surface area contributed by atoms with Crippen molar-refractivity contribution in [2.24, 2.45) is 0 Å². The summed E-state index contributed by atoms with van der Waals surface area (Å²) >= 11 is 0. The molecule has 4 nitrogen and oxygen atoms in total. The van der Waals surface area contributed by atoms with Crippen molar-refractivity contribution in [3.8, 4) is 0 Å². The number of rotatable bonds is 4. The van der Waals surface area contributed by atoms with E-state index in [0.717, 1.165) is 17.7 Å². The molecule has 152 valence electrons. The first-order valence-electron chi connectivity index (χ1n) is 9.33. The van der Waals surface area contributed by atoms with Gasteiger partial charge in [-0.3, -0.25) is 9.59 Å². The van der Waals surface area contributed by atoms with Gasteiger partial charge in [-0.05, 0) is 48.7 Å². The fourth-order valence-electron chi connectivity index (χ4n) is 3.16. The molecule has 29 heavy (non-hydrogen) atoms. The predicted molar refractivity (Wildman–Crippen MR) is 104 cm³/mol. The Hall–Kier alpha value is -3.09. The highest BCUT2D eigenvalue weighted by Gasteiger charge is 2.30. The fraction of sp³-hybridized carbons (Fsp3) is 0.273. The maximum Gasteiger partial charge on any atom is 0.416 e. The fourth-order valence-corrected chi connectivity index (χ4v) is 3.16. The topological polar surface area (TPSA) is 49.4 Å². The van der Waals surface area contributed by atoms with Gasteiger partial charge >= 0.3 is 6.18 Å². The molecule has 2 aromatic rings. The highest BCUT2D eigenvalue weighted by molar-refractivity contribution is 5.94. The molecule has 0 aliphatic carbocycles. The van der Waals surface area contributed by atoms with Crippen LogP contribution in [0.2, 0.25) is 0 Å². The number of hydrogen-bond acceptors (Lipinski definition) is 2. The molecule has 1 N–H and O–H groups in total. The number of amides is 2. The van der Waals surface area contributed by atoms with Gasteiger partial charge in [-0.2, -0.15) is 13.2 Å². The third kappa shape index (κ3) is 5.70. The van der Waals surface area contributed by atoms with Gasteiger partial charge in [-0.15, -0.1) is 0 Å². The van der Waals surface area contributed by atoms with E-state index in [1.165, 1.54) is 18.2 Å². The zero-order valence-corrected chi connectivity index (χ0v) is 15.7. The molecule has 2 amide bonds. The Morgan fingerprint density at radius 3 is 2.17 bits per heavy atom. The molecule has 1 aliphatic heterocycles. The molecule has 1 heterocycles. The molecule has 0 spiro atoms. The quantitative estimate of drug-likeness (QED) is 0.782. The molecule has 0 saturated carbocycles. The Bertz CT molecular complexity index is 869. The van der Waals surface area contributed by atoms with E-state index in [2.05, 4.69) is 5.32 Å². The van der Waals surface area contributed by atoms with Crippen LogP contribution in [0.4, 0.5) is 13.2 Å². The van der Waals surface area contributed by atoms with E-state index in [9.17, 15) is 22.8 Å². The summed E-state index contributed by atoms with van der Waals surface area (Å²) in [6.07, 6.45) is 0.0646. The number of likely N-dealkylation sites (tertiary alicyclic amines) is 1. The highest BCUT2D eigenvalue weighted by Crippen LogP contribution is 2.29. The lowest BCUT2D eigenvalue weighted by molar-refractivity contribution is -0.137. The molecular weight excluding hydrogens is 381 g/mol. The molecule has 2 aromatic carbocycles. The second-order valence-corrected chi connectivity index (χ2v) is 6.89. The Kier molecular flexibility index (Phi) is 6.36. The SMILES string of the molecule is O=C(NC1CCN(C(=O)/C=C/c2ccccc2)CC1)c1ccc(C(F)(F)F)cc1. The Morgan fingerprint density at radius 1 is 0.966 bits per heavy atom. The van der Waals surface area contributed by atoms with Gasteiger partial charge in [-0.1, -0.05) is 30.3 Å². The Morgan fingerprint density at radius 2 is 1.59 bits per heavy atom. The van der Waals surface area contributed by atoms with Gasteiger partial charge in [0.15, 0.2) is 0 Å². The highest BCUT2D eigenvalue weighted by atomic mass is 19.4. The predicted octanol–water partition coefficient (Wildman–Crippen LogP) is 4.14. The summed E-state index contributed by atoms with van der Waals surface area (Å²) in [6, 6.07) is 13.5. The van der Waals surface area contributed by atoms with Crippen LogP contribution in [0.3, 0.4) is 0 Å². The molecule has 0 radical (unpaired) electrons. The van der Waals surface area contributed by atoms with Crippen LogP contribution in [0.5, 0.6) is 0 Å². The van der Waals surface area contributed by atoms with Crippen LogP contribution in [-0.2, 0) is 11.0 Å². The molecule has 7 heteroatoms. The third-order valence-corrected chi connectivity index (χ3v) is 4.83. The summed E-state index contributed by atoms with van der Waals surface area (Å²) in [6.45, 7) is 1.02. The molecule has 0 aromatic heterocycles. The molecule has 1 saturated heterocycles. The van der Waals surface area contributed by atoms with Crippen molar-refractivity contribution in [1.82, 2.24) is 10.2 Å². The largest absolute Gasteiger partial charge is 0.416 e. The lowest BCUT2D eigenvalue weighted by Crippen LogP contribution is -2.46. The second kappa shape index (κ2) is 8.94. The summed E-state index contributed by atoms with van der Waals surface area (Å²) in [5.74, 6) is -0.492. The van der Waals surface area contributed by atoms with E-state index in [4.69, 9.17) is 0 Å². The third-order valence-electron chi connectivity index (χ3n) is 4.83. The van der Waals surface area contributed by atoms with Crippen LogP contribution in [-0.4, -0.2) is 35.8 Å². The van der Waals surface area contributed by atoms with Crippen LogP contribution < -0.4 is 5.32 Å². The van der Waals surface area contributed by atoms with Crippen LogP contribution >= 0.6 is 0 Å². The number of piperidine rings is 1. The van der Waals surface area contributed by atoms with Crippen molar-refractivity contribution >= 4 is 17.9 Å². The van der Waals surface area contributed by atoms with Crippen molar-refractivity contribution in [3.63, 3.8) is 0 Å². The van der Waals surface area contributed by atoms with Crippen molar-refractivity contribution < 1.29 is 22.8 Å². The zero-order chi connectivity index (χ0) is 20.9. The first kappa shape index (κ1) is 20.6. The lowest BCUT2D eigenvalue weighted by atomic mass is 10.0. The van der Waals surface area contributed by atoms with Gasteiger partial charge in [0, 0.05) is 30.8 Å². The zero-order valence-electron chi connectivity index (χ0n) is 15.7. The maximum atomic E-state index is 12.6. The minimum absolute atomic E-state index is 0.0821. The molecule has 1 aliphatic rings. The smallest absolute Gasteiger partial charge is 0.349 e. The summed E-state index contributed by atoms with van der Waals surface area (Å²) in [7, 11) is 0. The number of nitrogens with one attached hydrogen (secondary N) is 1. The van der Waals surface area contributed by atoms with Crippen molar-refractivity contribution in [1.29, 1.82) is 0 Å². The van der Waals surface area contributed by atoms with Crippen molar-refractivity contribution in [2.45, 2.75) is 25.1 Å². The van der Waals surface area contributed by atoms with E-state index < -0.39 is 17.6 Å². The minimum atomic E-state index is -4.43. The van der Waals surface area contributed by atoms with Crippen LogP contribution in [0.25, 0.3) is 6.08 Å². The van der Waals surface area contributed by atoms with E-state index in [-0.39, 0.29) is 17.5 Å². The van der Waals surface area contributed by atoms with E-state index in [1.807, 2.05) is 30.3 Å². The van der Waals surface area contributed by atoms with Crippen molar-refractivity contribution in [2.75, 3.05) is 13.1 Å². The van der Waals surface area contributed by atoms with E-state index >= 15 is 0 Å². The van der Waals surface area contributed by atoms with Gasteiger partial charge in [0.1, 0.15) is 0 Å². The number of carbonyl (C=O) groups is 2. The van der Waals surface area contributed by atoms with Gasteiger partial charge in [0.25, 0.3) is 5.91 Å². The van der Waals surface area contributed by atoms with E-state index in [0.29, 0.717) is 25.9 Å². The van der Waals surface area contributed by atoms with Gasteiger partial charge in [0.05, 0.1) is 5.56 Å². The van der Waals surface area contributed by atoms with Gasteiger partial charge in [0.2, 0.25) is 5.91 Å². The van der Waals surface area contributed by atoms with Crippen LogP contribution in [0.1, 0.15) is 34.3 Å². The molecule has 0 unspecified atom stereocenters. The molecule has 1 fully saturated rings. The normalized spacial score (nSPS) is 15.5. The first-order chi connectivity index (χ1) is 13.8. The molecule has 0 bridgehead atoms. The average Bonchev–Trinajstić information content (AvgIpc) is 2.73. The maximum absolute atomic E-state index is 12.6. The minimum Gasteiger partial charge on any atom is -0.349 e. The summed E-state index contributed by atoms with van der Waals surface area (Å²) in [5.41, 5.74) is 0.339. The average molecular weight is 402 g/mol. The number of alkyl halides is 3. The number of hydrogen-bond donors (Lipinski definition) is 1. The monoisotopic (exact) mass is 402 g/mol. The summed E-state index contributed by atoms with van der Waals surface area (Å²) in [4.78, 5) is 26.3. The molecule has 0 atom stereocenters. The Labute approximate surface area is 167 Å². The lowest BCUT2D eigenvalue weighted by Gasteiger charge is -2.31. The Balaban J connectivity index is 1.48. The molecular formula is C22H21F3N2O2. The standard InChI is InChI=1S/C22H21F3N2O2/c23-22(24,25)18-9-7-17(8-10-18)21(29)26-19-12-14-27(15-13-19)20(28)11-6-16-4-2-1-3-5-16/h1-11,19H,12-15H2,(H,26,29)/b11-6+. The second-order valence-electron chi connectivity index (χ2n) is 6.89. The summed E-state index contributed by atoms with van der Waals surface area (Å²) < 4.78 is 37.8. The van der Waals surface area contributed by atoms with Crippen molar-refractivity contribution in [3.05, 3.63) is 77.4 Å². The first-order valence-corrected chi connectivity index (χ1v) is 9.33.